The van der Waals surface area contributed by atoms with Gasteiger partial charge in [-0.15, -0.1) is 0 Å². The van der Waals surface area contributed by atoms with Crippen molar-refractivity contribution in [2.75, 3.05) is 0 Å². The number of hydrogen-bond acceptors (Lipinski definition) is 1. The van der Waals surface area contributed by atoms with Crippen LogP contribution in [0.2, 0.25) is 0 Å². The summed E-state index contributed by atoms with van der Waals surface area (Å²) >= 11 is 1.31. The van der Waals surface area contributed by atoms with Gasteiger partial charge < -0.3 is 12.4 Å². The van der Waals surface area contributed by atoms with Gasteiger partial charge in [-0.2, -0.15) is 0 Å². The van der Waals surface area contributed by atoms with Gasteiger partial charge in [0.1, 0.15) is 0 Å². The zero-order chi connectivity index (χ0) is 8.70. The number of piperidine rings is 1. The van der Waals surface area contributed by atoms with Crippen LogP contribution in [0.15, 0.2) is 0 Å². The van der Waals surface area contributed by atoms with Crippen LogP contribution in [0.5, 0.6) is 0 Å². The Balaban J connectivity index is 0. The Morgan fingerprint density at radius 2 is 1.31 bits per heavy atom. The number of rotatable bonds is 0. The Morgan fingerprint density at radius 1 is 1.00 bits per heavy atom. The Morgan fingerprint density at radius 3 is 1.54 bits per heavy atom. The standard InChI is InChI=1S/C9H18N.ClH.Li.Zn/c1-8(2)6-5-7-9(3,4)10-8;;;/h5-7H2,1-4H3;1H;;/q-1;;;+2/p-1. The van der Waals surface area contributed by atoms with Crippen molar-refractivity contribution in [3.63, 3.8) is 0 Å². The van der Waals surface area contributed by atoms with E-state index in [-0.39, 0.29) is 31.3 Å². The smallest absolute Gasteiger partial charge is 0 e. The van der Waals surface area contributed by atoms with E-state index in [1.807, 2.05) is 0 Å². The molecule has 0 aromatic carbocycles. The maximum absolute atomic E-state index is 2.64. The Hall–Kier alpha value is 1.47. The van der Waals surface area contributed by atoms with Gasteiger partial charge in [-0.3, -0.25) is 0 Å². The molecule has 0 aromatic rings. The fourth-order valence-corrected chi connectivity index (χ4v) is 2.71. The summed E-state index contributed by atoms with van der Waals surface area (Å²) in [4.78, 5) is 0. The van der Waals surface area contributed by atoms with Gasteiger partial charge in [0.05, 0.1) is 0 Å². The van der Waals surface area contributed by atoms with E-state index in [4.69, 9.17) is 0 Å². The van der Waals surface area contributed by atoms with Crippen molar-refractivity contribution in [3.8, 4) is 0 Å². The number of hydrogen-bond donors (Lipinski definition) is 0. The average molecular weight is 248 g/mol. The van der Waals surface area contributed by atoms with Crippen molar-refractivity contribution in [1.82, 2.24) is 3.64 Å². The topological polar surface area (TPSA) is 3.24 Å². The molecule has 0 bridgehead atoms. The van der Waals surface area contributed by atoms with Crippen LogP contribution in [0.1, 0.15) is 47.0 Å². The minimum absolute atomic E-state index is 0. The molecule has 4 heteroatoms. The number of halogens is 1. The molecule has 0 aromatic heterocycles. The van der Waals surface area contributed by atoms with Gasteiger partial charge in [0, 0.05) is 18.9 Å². The molecule has 1 radical (unpaired) electrons. The van der Waals surface area contributed by atoms with E-state index in [0.29, 0.717) is 11.1 Å². The fraction of sp³-hybridized carbons (Fsp3) is 1.00. The van der Waals surface area contributed by atoms with E-state index in [9.17, 15) is 0 Å². The molecule has 0 atom stereocenters. The molecular weight excluding hydrogens is 230 g/mol. The van der Waals surface area contributed by atoms with Crippen LogP contribution >= 0.6 is 0 Å². The van der Waals surface area contributed by atoms with Crippen LogP contribution in [0.4, 0.5) is 0 Å². The molecule has 0 unspecified atom stereocenters. The third kappa shape index (κ3) is 3.84. The SMILES string of the molecule is CC1(C)CCCC(C)(C)[N]1[Zn+].[Cl-].[Li]. The van der Waals surface area contributed by atoms with Crippen molar-refractivity contribution in [1.29, 1.82) is 0 Å². The van der Waals surface area contributed by atoms with E-state index in [1.54, 1.807) is 0 Å². The van der Waals surface area contributed by atoms with Gasteiger partial charge in [0.2, 0.25) is 0 Å². The maximum Gasteiger partial charge on any atom is 0 e. The van der Waals surface area contributed by atoms with Crippen molar-refractivity contribution in [3.05, 3.63) is 0 Å². The van der Waals surface area contributed by atoms with Gasteiger partial charge >= 0.3 is 80.2 Å². The third-order valence-corrected chi connectivity index (χ3v) is 6.63. The van der Waals surface area contributed by atoms with Crippen LogP contribution in [0.3, 0.4) is 0 Å². The predicted molar refractivity (Wildman–Crippen MR) is 49.6 cm³/mol. The first-order valence-corrected chi connectivity index (χ1v) is 5.80. The average Bonchev–Trinajstić information content (AvgIpc) is 1.82. The predicted octanol–water partition coefficient (Wildman–Crippen LogP) is -0.885. The Bertz CT molecular complexity index is 146. The summed E-state index contributed by atoms with van der Waals surface area (Å²) < 4.78 is 2.64. The molecule has 1 heterocycles. The monoisotopic (exact) mass is 246 g/mol. The van der Waals surface area contributed by atoms with Crippen LogP contribution in [-0.2, 0) is 18.5 Å². The van der Waals surface area contributed by atoms with E-state index >= 15 is 0 Å². The summed E-state index contributed by atoms with van der Waals surface area (Å²) in [5.41, 5.74) is 0.920. The molecule has 1 aliphatic heterocycles. The van der Waals surface area contributed by atoms with Gasteiger partial charge in [0.25, 0.3) is 0 Å². The van der Waals surface area contributed by atoms with Crippen LogP contribution in [-0.4, -0.2) is 33.6 Å². The Labute approximate surface area is 111 Å². The van der Waals surface area contributed by atoms with E-state index < -0.39 is 0 Å². The van der Waals surface area contributed by atoms with Crippen molar-refractivity contribution in [2.24, 2.45) is 0 Å². The molecule has 0 spiro atoms. The van der Waals surface area contributed by atoms with Crippen molar-refractivity contribution in [2.45, 2.75) is 58.0 Å². The molecular formula is C9H18ClLiNZn. The largest absolute Gasteiger partial charge is 1.00 e. The Kier molecular flexibility index (Phi) is 7.18. The molecule has 1 aliphatic rings. The molecule has 69 valence electrons. The first kappa shape index (κ1) is 16.9. The van der Waals surface area contributed by atoms with Gasteiger partial charge in [-0.25, -0.2) is 0 Å². The van der Waals surface area contributed by atoms with Crippen LogP contribution in [0, 0.1) is 0 Å². The minimum atomic E-state index is 0. The molecule has 1 fully saturated rings. The molecule has 1 saturated heterocycles. The molecule has 1 nitrogen and oxygen atoms in total. The van der Waals surface area contributed by atoms with Crippen LogP contribution in [0.25, 0.3) is 0 Å². The van der Waals surface area contributed by atoms with Crippen molar-refractivity contribution >= 4 is 18.9 Å². The van der Waals surface area contributed by atoms with Crippen LogP contribution < -0.4 is 12.4 Å². The van der Waals surface area contributed by atoms with E-state index in [1.165, 1.54) is 37.8 Å². The molecule has 0 aliphatic carbocycles. The zero-order valence-corrected chi connectivity index (χ0v) is 13.4. The maximum atomic E-state index is 2.64. The second kappa shape index (κ2) is 5.53. The fourth-order valence-electron chi connectivity index (χ4n) is 2.04. The first-order chi connectivity index (χ1) is 4.86. The zero-order valence-electron chi connectivity index (χ0n) is 9.65. The van der Waals surface area contributed by atoms with Gasteiger partial charge in [-0.1, -0.05) is 0 Å². The second-order valence-electron chi connectivity index (χ2n) is 4.91. The summed E-state index contributed by atoms with van der Waals surface area (Å²) in [7, 11) is 0. The quantitative estimate of drug-likeness (QED) is 0.503. The third-order valence-electron chi connectivity index (χ3n) is 3.04. The molecule has 13 heavy (non-hydrogen) atoms. The first-order valence-electron chi connectivity index (χ1n) is 4.47. The molecule has 0 N–H and O–H groups in total. The minimum Gasteiger partial charge on any atom is -1.00 e. The van der Waals surface area contributed by atoms with Gasteiger partial charge in [0.15, 0.2) is 0 Å². The van der Waals surface area contributed by atoms with Gasteiger partial charge in [-0.05, 0) is 0 Å². The number of nitrogens with zero attached hydrogens (tertiary/aromatic N) is 1. The van der Waals surface area contributed by atoms with Crippen molar-refractivity contribution < 1.29 is 30.9 Å². The summed E-state index contributed by atoms with van der Waals surface area (Å²) in [6.07, 6.45) is 4.14. The normalized spacial score (nSPS) is 25.7. The summed E-state index contributed by atoms with van der Waals surface area (Å²) in [5, 5.41) is 0. The summed E-state index contributed by atoms with van der Waals surface area (Å²) in [5.74, 6) is 0. The molecule has 1 rings (SSSR count). The second-order valence-corrected chi connectivity index (χ2v) is 6.23. The van der Waals surface area contributed by atoms with E-state index in [0.717, 1.165) is 0 Å². The summed E-state index contributed by atoms with van der Waals surface area (Å²) in [6, 6.07) is 0. The summed E-state index contributed by atoms with van der Waals surface area (Å²) in [6.45, 7) is 9.49. The molecule has 0 saturated carbocycles. The van der Waals surface area contributed by atoms with E-state index in [2.05, 4.69) is 31.3 Å². The molecule has 0 amide bonds.